The molecule has 2 aromatic carbocycles. The molecule has 0 radical (unpaired) electrons. The Morgan fingerprint density at radius 2 is 1.47 bits per heavy atom. The Labute approximate surface area is 198 Å². The second-order valence-electron chi connectivity index (χ2n) is 7.62. The van der Waals surface area contributed by atoms with Gasteiger partial charge in [0, 0.05) is 31.7 Å². The molecule has 0 atom stereocenters. The molecule has 178 valence electrons. The third-order valence-corrected chi connectivity index (χ3v) is 9.17. The molecule has 12 heteroatoms. The first-order valence-electron chi connectivity index (χ1n) is 10.3. The number of methoxy groups -OCH3 is 1. The quantitative estimate of drug-likeness (QED) is 0.501. The van der Waals surface area contributed by atoms with Crippen molar-refractivity contribution in [3.63, 3.8) is 0 Å². The molecule has 3 aromatic rings. The predicted octanol–water partition coefficient (Wildman–Crippen LogP) is 2.23. The van der Waals surface area contributed by atoms with Crippen molar-refractivity contribution >= 4 is 20.0 Å². The van der Waals surface area contributed by atoms with Gasteiger partial charge in [0.25, 0.3) is 15.1 Å². The Morgan fingerprint density at radius 3 is 2.00 bits per heavy atom. The molecule has 1 aromatic heterocycles. The van der Waals surface area contributed by atoms with Crippen LogP contribution in [0, 0.1) is 18.3 Å². The molecule has 1 aliphatic rings. The number of aromatic nitrogens is 1. The molecule has 34 heavy (non-hydrogen) atoms. The maximum Gasteiger partial charge on any atom is 0.279 e. The zero-order chi connectivity index (χ0) is 24.5. The van der Waals surface area contributed by atoms with Crippen LogP contribution in [0.4, 0.5) is 0 Å². The van der Waals surface area contributed by atoms with E-state index in [2.05, 4.69) is 4.98 Å². The fourth-order valence-electron chi connectivity index (χ4n) is 3.54. The van der Waals surface area contributed by atoms with Crippen LogP contribution >= 0.6 is 0 Å². The fourth-order valence-corrected chi connectivity index (χ4v) is 6.36. The van der Waals surface area contributed by atoms with Crippen LogP contribution in [0.3, 0.4) is 0 Å². The van der Waals surface area contributed by atoms with Crippen molar-refractivity contribution in [2.45, 2.75) is 16.9 Å². The van der Waals surface area contributed by atoms with Crippen LogP contribution in [-0.4, -0.2) is 63.7 Å². The van der Waals surface area contributed by atoms with Crippen molar-refractivity contribution in [3.05, 3.63) is 59.8 Å². The molecule has 10 nitrogen and oxygen atoms in total. The third-order valence-electron chi connectivity index (χ3n) is 5.47. The largest absolute Gasteiger partial charge is 0.497 e. The van der Waals surface area contributed by atoms with E-state index in [1.165, 1.54) is 23.5 Å². The van der Waals surface area contributed by atoms with Crippen LogP contribution < -0.4 is 4.74 Å². The molecule has 2 heterocycles. The van der Waals surface area contributed by atoms with Crippen LogP contribution in [0.25, 0.3) is 11.5 Å². The van der Waals surface area contributed by atoms with Crippen molar-refractivity contribution in [2.75, 3.05) is 33.3 Å². The van der Waals surface area contributed by atoms with E-state index in [0.717, 1.165) is 9.87 Å². The number of hydrogen-bond acceptors (Lipinski definition) is 8. The summed E-state index contributed by atoms with van der Waals surface area (Å²) in [5.74, 6) is 0.552. The first-order valence-corrected chi connectivity index (χ1v) is 13.2. The standard InChI is InChI=1S/C22H22N4O6S2/c1-16-3-5-17(6-4-16)21-24-20(15-23)22(32-21)34(29,30)26-13-11-25(12-14-26)33(27,28)19-9-7-18(31-2)8-10-19/h3-10H,11-14H2,1-2H3. The summed E-state index contributed by atoms with van der Waals surface area (Å²) >= 11 is 0. The van der Waals surface area contributed by atoms with Gasteiger partial charge < -0.3 is 9.15 Å². The highest BCUT2D eigenvalue weighted by Crippen LogP contribution is 2.29. The van der Waals surface area contributed by atoms with Gasteiger partial charge in [0.05, 0.1) is 12.0 Å². The Balaban J connectivity index is 1.54. The molecular formula is C22H22N4O6S2. The van der Waals surface area contributed by atoms with Crippen molar-refractivity contribution in [1.82, 2.24) is 13.6 Å². The Morgan fingerprint density at radius 1 is 0.912 bits per heavy atom. The second kappa shape index (κ2) is 9.19. The van der Waals surface area contributed by atoms with Gasteiger partial charge in [-0.3, -0.25) is 0 Å². The van der Waals surface area contributed by atoms with Crippen molar-refractivity contribution in [2.24, 2.45) is 0 Å². The highest BCUT2D eigenvalue weighted by atomic mass is 32.2. The smallest absolute Gasteiger partial charge is 0.279 e. The molecule has 0 amide bonds. The average Bonchev–Trinajstić information content (AvgIpc) is 3.30. The number of benzene rings is 2. The summed E-state index contributed by atoms with van der Waals surface area (Å²) in [6.45, 7) is 1.62. The number of sulfonamides is 2. The maximum atomic E-state index is 13.2. The van der Waals surface area contributed by atoms with Gasteiger partial charge >= 0.3 is 0 Å². The zero-order valence-electron chi connectivity index (χ0n) is 18.5. The van der Waals surface area contributed by atoms with Crippen LogP contribution in [0.15, 0.2) is 62.9 Å². The molecular weight excluding hydrogens is 480 g/mol. The van der Waals surface area contributed by atoms with Crippen LogP contribution in [0.2, 0.25) is 0 Å². The SMILES string of the molecule is COc1ccc(S(=O)(=O)N2CCN(S(=O)(=O)c3oc(-c4ccc(C)cc4)nc3C#N)CC2)cc1. The minimum Gasteiger partial charge on any atom is -0.497 e. The summed E-state index contributed by atoms with van der Waals surface area (Å²) in [5, 5.41) is 8.90. The summed E-state index contributed by atoms with van der Waals surface area (Å²) in [7, 11) is -6.51. The number of hydrogen-bond donors (Lipinski definition) is 0. The van der Waals surface area contributed by atoms with Crippen molar-refractivity contribution in [1.29, 1.82) is 5.26 Å². The van der Waals surface area contributed by atoms with Gasteiger partial charge in [-0.15, -0.1) is 0 Å². The lowest BCUT2D eigenvalue weighted by Crippen LogP contribution is -2.50. The van der Waals surface area contributed by atoms with Gasteiger partial charge in [0.15, 0.2) is 5.69 Å². The van der Waals surface area contributed by atoms with Crippen LogP contribution in [0.1, 0.15) is 11.3 Å². The van der Waals surface area contributed by atoms with E-state index in [0.29, 0.717) is 11.3 Å². The van der Waals surface area contributed by atoms with Gasteiger partial charge in [0.2, 0.25) is 15.9 Å². The summed E-state index contributed by atoms with van der Waals surface area (Å²) in [6.07, 6.45) is 0. The Hall–Kier alpha value is -3.24. The highest BCUT2D eigenvalue weighted by molar-refractivity contribution is 7.89. The summed E-state index contributed by atoms with van der Waals surface area (Å²) < 4.78 is 65.2. The number of oxazole rings is 1. The maximum absolute atomic E-state index is 13.2. The molecule has 0 aliphatic carbocycles. The number of ether oxygens (including phenoxy) is 1. The summed E-state index contributed by atoms with van der Waals surface area (Å²) in [5.41, 5.74) is 1.20. The van der Waals surface area contributed by atoms with Crippen LogP contribution in [0.5, 0.6) is 5.75 Å². The topological polar surface area (TPSA) is 134 Å². The minimum atomic E-state index is -4.20. The zero-order valence-corrected chi connectivity index (χ0v) is 20.1. The number of nitrogens with zero attached hydrogens (tertiary/aromatic N) is 4. The third kappa shape index (κ3) is 4.43. The molecule has 0 N–H and O–H groups in total. The Kier molecular flexibility index (Phi) is 6.46. The number of nitriles is 1. The molecule has 0 spiro atoms. The van der Waals surface area contributed by atoms with E-state index >= 15 is 0 Å². The monoisotopic (exact) mass is 502 g/mol. The lowest BCUT2D eigenvalue weighted by atomic mass is 10.1. The summed E-state index contributed by atoms with van der Waals surface area (Å²) in [6, 6.07) is 14.9. The van der Waals surface area contributed by atoms with E-state index < -0.39 is 25.1 Å². The van der Waals surface area contributed by atoms with Crippen molar-refractivity contribution < 1.29 is 26.0 Å². The summed E-state index contributed by atoms with van der Waals surface area (Å²) in [4.78, 5) is 4.14. The molecule has 0 saturated carbocycles. The molecule has 0 unspecified atom stereocenters. The lowest BCUT2D eigenvalue weighted by molar-refractivity contribution is 0.268. The van der Waals surface area contributed by atoms with Gasteiger partial charge in [-0.1, -0.05) is 17.7 Å². The number of rotatable bonds is 6. The molecule has 1 aliphatic heterocycles. The predicted molar refractivity (Wildman–Crippen MR) is 122 cm³/mol. The van der Waals surface area contributed by atoms with Gasteiger partial charge in [-0.05, 0) is 43.3 Å². The molecule has 1 saturated heterocycles. The highest BCUT2D eigenvalue weighted by Gasteiger charge is 2.37. The van der Waals surface area contributed by atoms with E-state index in [4.69, 9.17) is 9.15 Å². The van der Waals surface area contributed by atoms with E-state index in [1.807, 2.05) is 19.1 Å². The molecule has 0 bridgehead atoms. The fraction of sp³-hybridized carbons (Fsp3) is 0.273. The van der Waals surface area contributed by atoms with E-state index in [-0.39, 0.29) is 42.7 Å². The van der Waals surface area contributed by atoms with E-state index in [9.17, 15) is 22.1 Å². The lowest BCUT2D eigenvalue weighted by Gasteiger charge is -2.32. The first kappa shape index (κ1) is 23.9. The van der Waals surface area contributed by atoms with Gasteiger partial charge in [-0.25, -0.2) is 16.8 Å². The van der Waals surface area contributed by atoms with Gasteiger partial charge in [-0.2, -0.15) is 18.9 Å². The number of piperazine rings is 1. The Bertz CT molecular complexity index is 1430. The van der Waals surface area contributed by atoms with Gasteiger partial charge in [0.1, 0.15) is 11.8 Å². The van der Waals surface area contributed by atoms with Crippen LogP contribution in [-0.2, 0) is 20.0 Å². The first-order chi connectivity index (χ1) is 16.2. The van der Waals surface area contributed by atoms with Crippen molar-refractivity contribution in [3.8, 4) is 23.3 Å². The average molecular weight is 503 g/mol. The minimum absolute atomic E-state index is 0.0239. The number of aryl methyl sites for hydroxylation is 1. The second-order valence-corrected chi connectivity index (χ2v) is 11.4. The molecule has 1 fully saturated rings. The normalized spacial score (nSPS) is 15.7. The van der Waals surface area contributed by atoms with E-state index in [1.54, 1.807) is 30.3 Å². The molecule has 4 rings (SSSR count).